The van der Waals surface area contributed by atoms with Crippen molar-refractivity contribution in [1.82, 2.24) is 35.1 Å². The van der Waals surface area contributed by atoms with Gasteiger partial charge in [-0.25, -0.2) is 4.68 Å². The fraction of sp³-hybridized carbons (Fsp3) is 0.345. The standard InChI is InChI=1S/C29H33N7O4/c1-6-29(2,3)36-27(32-33-34-36)26(35(18-21-10-8-12-40-21)17-19-9-7-11-30-16-19)22-13-20-14-24(38-4)25(39-5)15-23(20)31-28(22)37/h7-16,26H,6,17-18H2,1-5H3,(H,31,37)/t26-/m0/s1. The maximum Gasteiger partial charge on any atom is 0.253 e. The number of nitrogens with one attached hydrogen (secondary N) is 1. The van der Waals surface area contributed by atoms with Crippen LogP contribution in [0.25, 0.3) is 10.9 Å². The Labute approximate surface area is 231 Å². The van der Waals surface area contributed by atoms with Crippen molar-refractivity contribution in [3.05, 3.63) is 94.2 Å². The van der Waals surface area contributed by atoms with Crippen molar-refractivity contribution < 1.29 is 13.9 Å². The lowest BCUT2D eigenvalue weighted by Gasteiger charge is -2.33. The average Bonchev–Trinajstić information content (AvgIpc) is 3.66. The summed E-state index contributed by atoms with van der Waals surface area (Å²) >= 11 is 0. The monoisotopic (exact) mass is 543 g/mol. The van der Waals surface area contributed by atoms with E-state index in [-0.39, 0.29) is 5.56 Å². The summed E-state index contributed by atoms with van der Waals surface area (Å²) in [6.07, 6.45) is 5.97. The molecule has 0 radical (unpaired) electrons. The van der Waals surface area contributed by atoms with E-state index in [4.69, 9.17) is 13.9 Å². The van der Waals surface area contributed by atoms with Gasteiger partial charge in [0.15, 0.2) is 17.3 Å². The number of benzene rings is 1. The highest BCUT2D eigenvalue weighted by atomic mass is 16.5. The Morgan fingerprint density at radius 2 is 1.90 bits per heavy atom. The average molecular weight is 544 g/mol. The lowest BCUT2D eigenvalue weighted by Crippen LogP contribution is -2.38. The van der Waals surface area contributed by atoms with Gasteiger partial charge in [-0.3, -0.25) is 14.7 Å². The van der Waals surface area contributed by atoms with E-state index < -0.39 is 11.6 Å². The highest BCUT2D eigenvalue weighted by Gasteiger charge is 2.35. The summed E-state index contributed by atoms with van der Waals surface area (Å²) in [4.78, 5) is 23.3. The van der Waals surface area contributed by atoms with E-state index in [9.17, 15) is 4.79 Å². The number of pyridine rings is 2. The van der Waals surface area contributed by atoms with E-state index >= 15 is 0 Å². The van der Waals surface area contributed by atoms with Crippen LogP contribution in [0.3, 0.4) is 0 Å². The number of hydrogen-bond acceptors (Lipinski definition) is 9. The van der Waals surface area contributed by atoms with Crippen LogP contribution < -0.4 is 15.0 Å². The van der Waals surface area contributed by atoms with Crippen LogP contribution in [0.1, 0.15) is 55.9 Å². The number of tetrazole rings is 1. The minimum atomic E-state index is -0.632. The molecule has 208 valence electrons. The van der Waals surface area contributed by atoms with Crippen molar-refractivity contribution in [1.29, 1.82) is 0 Å². The molecule has 0 aliphatic carbocycles. The Kier molecular flexibility index (Phi) is 7.65. The molecule has 5 rings (SSSR count). The molecule has 11 heteroatoms. The first kappa shape index (κ1) is 27.1. The van der Waals surface area contributed by atoms with Gasteiger partial charge in [0.2, 0.25) is 0 Å². The Morgan fingerprint density at radius 1 is 1.10 bits per heavy atom. The molecule has 0 unspecified atom stereocenters. The Bertz CT molecular complexity index is 1630. The zero-order valence-electron chi connectivity index (χ0n) is 23.3. The largest absolute Gasteiger partial charge is 0.493 e. The van der Waals surface area contributed by atoms with Gasteiger partial charge in [0.1, 0.15) is 11.8 Å². The van der Waals surface area contributed by atoms with E-state index in [2.05, 4.69) is 51.2 Å². The summed E-state index contributed by atoms with van der Waals surface area (Å²) in [5.41, 5.74) is 1.42. The number of aromatic amines is 1. The number of aromatic nitrogens is 6. The van der Waals surface area contributed by atoms with Crippen molar-refractivity contribution in [2.45, 2.75) is 51.9 Å². The van der Waals surface area contributed by atoms with Crippen LogP contribution >= 0.6 is 0 Å². The molecule has 4 aromatic heterocycles. The molecule has 0 aliphatic heterocycles. The second-order valence-electron chi connectivity index (χ2n) is 10.2. The Hall–Kier alpha value is -4.51. The molecule has 0 bridgehead atoms. The van der Waals surface area contributed by atoms with Crippen molar-refractivity contribution in [3.8, 4) is 11.5 Å². The number of H-pyrrole nitrogens is 1. The molecule has 0 fully saturated rings. The predicted octanol–water partition coefficient (Wildman–Crippen LogP) is 4.46. The van der Waals surface area contributed by atoms with Gasteiger partial charge in [0, 0.05) is 36.0 Å². The highest BCUT2D eigenvalue weighted by Crippen LogP contribution is 2.35. The van der Waals surface area contributed by atoms with Gasteiger partial charge in [0.05, 0.1) is 38.1 Å². The minimum absolute atomic E-state index is 0.260. The molecule has 1 atom stereocenters. The zero-order chi connectivity index (χ0) is 28.3. The molecule has 1 aromatic carbocycles. The molecule has 4 heterocycles. The van der Waals surface area contributed by atoms with Crippen molar-refractivity contribution in [2.24, 2.45) is 0 Å². The van der Waals surface area contributed by atoms with Gasteiger partial charge >= 0.3 is 0 Å². The topological polar surface area (TPSA) is 124 Å². The summed E-state index contributed by atoms with van der Waals surface area (Å²) in [7, 11) is 3.14. The quantitative estimate of drug-likeness (QED) is 0.257. The van der Waals surface area contributed by atoms with Crippen LogP contribution in [0.2, 0.25) is 0 Å². The summed E-state index contributed by atoms with van der Waals surface area (Å²) in [5.74, 6) is 2.38. The second kappa shape index (κ2) is 11.3. The third kappa shape index (κ3) is 5.32. The molecule has 0 aliphatic rings. The third-order valence-corrected chi connectivity index (χ3v) is 7.26. The highest BCUT2D eigenvalue weighted by molar-refractivity contribution is 5.83. The summed E-state index contributed by atoms with van der Waals surface area (Å²) in [6.45, 7) is 7.09. The van der Waals surface area contributed by atoms with Crippen LogP contribution in [-0.2, 0) is 18.6 Å². The van der Waals surface area contributed by atoms with Crippen molar-refractivity contribution in [3.63, 3.8) is 0 Å². The van der Waals surface area contributed by atoms with Crippen LogP contribution in [-0.4, -0.2) is 49.3 Å². The minimum Gasteiger partial charge on any atom is -0.493 e. The van der Waals surface area contributed by atoms with Crippen LogP contribution in [0.4, 0.5) is 0 Å². The number of methoxy groups -OCH3 is 2. The summed E-state index contributed by atoms with van der Waals surface area (Å²) in [5, 5.41) is 13.7. The van der Waals surface area contributed by atoms with E-state index in [0.717, 1.165) is 23.1 Å². The SMILES string of the molecule is CCC(C)(C)n1nnnc1[C@H](c1cc2cc(OC)c(OC)cc2[nH]c1=O)N(Cc1cccnc1)Cc1ccco1. The van der Waals surface area contributed by atoms with Crippen LogP contribution in [0.15, 0.2) is 70.3 Å². The Balaban J connectivity index is 1.74. The van der Waals surface area contributed by atoms with Gasteiger partial charge in [0.25, 0.3) is 5.56 Å². The number of ether oxygens (including phenoxy) is 2. The lowest BCUT2D eigenvalue weighted by molar-refractivity contribution is 0.168. The van der Waals surface area contributed by atoms with Crippen LogP contribution in [0, 0.1) is 0 Å². The molecule has 0 saturated heterocycles. The van der Waals surface area contributed by atoms with Gasteiger partial charge in [-0.2, -0.15) is 0 Å². The first-order chi connectivity index (χ1) is 19.3. The van der Waals surface area contributed by atoms with Gasteiger partial charge in [-0.1, -0.05) is 13.0 Å². The van der Waals surface area contributed by atoms with Crippen LogP contribution in [0.5, 0.6) is 11.5 Å². The van der Waals surface area contributed by atoms with E-state index in [1.54, 1.807) is 32.7 Å². The number of nitrogens with zero attached hydrogens (tertiary/aromatic N) is 6. The number of furan rings is 1. The fourth-order valence-electron chi connectivity index (χ4n) is 4.76. The maximum absolute atomic E-state index is 13.8. The van der Waals surface area contributed by atoms with E-state index in [1.807, 2.05) is 47.3 Å². The molecule has 0 saturated carbocycles. The van der Waals surface area contributed by atoms with Crippen molar-refractivity contribution in [2.75, 3.05) is 14.2 Å². The zero-order valence-corrected chi connectivity index (χ0v) is 23.3. The van der Waals surface area contributed by atoms with E-state index in [1.165, 1.54) is 0 Å². The molecule has 0 amide bonds. The number of fused-ring (bicyclic) bond motifs is 1. The molecular formula is C29H33N7O4. The molecule has 40 heavy (non-hydrogen) atoms. The molecule has 1 N–H and O–H groups in total. The molecule has 0 spiro atoms. The van der Waals surface area contributed by atoms with E-state index in [0.29, 0.717) is 41.5 Å². The normalized spacial score (nSPS) is 12.7. The smallest absolute Gasteiger partial charge is 0.253 e. The first-order valence-corrected chi connectivity index (χ1v) is 13.1. The first-order valence-electron chi connectivity index (χ1n) is 13.1. The molecular weight excluding hydrogens is 510 g/mol. The maximum atomic E-state index is 13.8. The molecule has 5 aromatic rings. The number of rotatable bonds is 11. The second-order valence-corrected chi connectivity index (χ2v) is 10.2. The van der Waals surface area contributed by atoms with Gasteiger partial charge in [-0.05, 0) is 66.6 Å². The van der Waals surface area contributed by atoms with Crippen molar-refractivity contribution >= 4 is 10.9 Å². The lowest BCUT2D eigenvalue weighted by atomic mass is 9.98. The summed E-state index contributed by atoms with van der Waals surface area (Å²) in [6, 6.07) is 12.5. The fourth-order valence-corrected chi connectivity index (χ4v) is 4.76. The number of hydrogen-bond donors (Lipinski definition) is 1. The molecule has 11 nitrogen and oxygen atoms in total. The summed E-state index contributed by atoms with van der Waals surface area (Å²) < 4.78 is 18.5. The van der Waals surface area contributed by atoms with Gasteiger partial charge in [-0.15, -0.1) is 5.10 Å². The predicted molar refractivity (Wildman–Crippen MR) is 149 cm³/mol. The van der Waals surface area contributed by atoms with Gasteiger partial charge < -0.3 is 18.9 Å². The third-order valence-electron chi connectivity index (χ3n) is 7.26. The Morgan fingerprint density at radius 3 is 2.58 bits per heavy atom.